The summed E-state index contributed by atoms with van der Waals surface area (Å²) in [7, 11) is 0. The lowest BCUT2D eigenvalue weighted by Gasteiger charge is -2.10. The summed E-state index contributed by atoms with van der Waals surface area (Å²) in [6, 6.07) is 8.23. The van der Waals surface area contributed by atoms with Crippen LogP contribution in [0, 0.1) is 0 Å². The number of hydrazine groups is 1. The highest BCUT2D eigenvalue weighted by molar-refractivity contribution is 7.98. The largest absolute Gasteiger partial charge is 0.492 e. The monoisotopic (exact) mass is 413 g/mol. The van der Waals surface area contributed by atoms with Crippen molar-refractivity contribution in [3.63, 3.8) is 0 Å². The number of halogens is 2. The summed E-state index contributed by atoms with van der Waals surface area (Å²) < 4.78 is 5.50. The van der Waals surface area contributed by atoms with Crippen molar-refractivity contribution >= 4 is 46.8 Å². The molecule has 0 saturated heterocycles. The number of rotatable bonds is 7. The SMILES string of the molecule is CSc1ncccc1C(=O)NNC(=O)CCCOc1ccc(Cl)cc1Cl. The van der Waals surface area contributed by atoms with E-state index in [9.17, 15) is 9.59 Å². The number of thioether (sulfide) groups is 1. The van der Waals surface area contributed by atoms with Gasteiger partial charge in [0.25, 0.3) is 5.91 Å². The lowest BCUT2D eigenvalue weighted by Crippen LogP contribution is -2.41. The maximum atomic E-state index is 12.1. The quantitative estimate of drug-likeness (QED) is 0.410. The molecule has 6 nitrogen and oxygen atoms in total. The Labute approximate surface area is 165 Å². The predicted molar refractivity (Wildman–Crippen MR) is 103 cm³/mol. The van der Waals surface area contributed by atoms with Gasteiger partial charge in [-0.2, -0.15) is 0 Å². The summed E-state index contributed by atoms with van der Waals surface area (Å²) in [5, 5.41) is 1.53. The van der Waals surface area contributed by atoms with Gasteiger partial charge in [0, 0.05) is 17.6 Å². The molecule has 0 saturated carbocycles. The van der Waals surface area contributed by atoms with Crippen molar-refractivity contribution in [2.24, 2.45) is 0 Å². The maximum absolute atomic E-state index is 12.1. The van der Waals surface area contributed by atoms with E-state index in [2.05, 4.69) is 15.8 Å². The lowest BCUT2D eigenvalue weighted by molar-refractivity contribution is -0.122. The molecule has 0 radical (unpaired) electrons. The average Bonchev–Trinajstić information content (AvgIpc) is 2.64. The molecule has 0 aliphatic heterocycles. The van der Waals surface area contributed by atoms with Gasteiger partial charge >= 0.3 is 0 Å². The molecule has 2 aromatic rings. The Balaban J connectivity index is 1.71. The zero-order chi connectivity index (χ0) is 18.9. The smallest absolute Gasteiger partial charge is 0.272 e. The van der Waals surface area contributed by atoms with E-state index in [4.69, 9.17) is 27.9 Å². The normalized spacial score (nSPS) is 10.3. The van der Waals surface area contributed by atoms with Gasteiger partial charge in [-0.3, -0.25) is 20.4 Å². The molecule has 0 aliphatic carbocycles. The summed E-state index contributed by atoms with van der Waals surface area (Å²) in [6.07, 6.45) is 4.08. The molecule has 0 unspecified atom stereocenters. The van der Waals surface area contributed by atoms with Gasteiger partial charge in [0.2, 0.25) is 5.91 Å². The first-order valence-corrected chi connectivity index (χ1v) is 9.65. The van der Waals surface area contributed by atoms with Crippen LogP contribution in [0.4, 0.5) is 0 Å². The number of hydrogen-bond donors (Lipinski definition) is 2. The van der Waals surface area contributed by atoms with Gasteiger partial charge < -0.3 is 4.74 Å². The van der Waals surface area contributed by atoms with Crippen molar-refractivity contribution < 1.29 is 14.3 Å². The number of pyridine rings is 1. The standard InChI is InChI=1S/C17H17Cl2N3O3S/c1-26-17-12(4-2-8-20-17)16(24)22-21-15(23)5-3-9-25-14-7-6-11(18)10-13(14)19/h2,4,6-8,10H,3,5,9H2,1H3,(H,21,23)(H,22,24). The highest BCUT2D eigenvalue weighted by Crippen LogP contribution is 2.27. The molecule has 9 heteroatoms. The number of ether oxygens (including phenoxy) is 1. The van der Waals surface area contributed by atoms with Crippen molar-refractivity contribution in [1.82, 2.24) is 15.8 Å². The molecular weight excluding hydrogens is 397 g/mol. The van der Waals surface area contributed by atoms with E-state index in [1.165, 1.54) is 11.8 Å². The van der Waals surface area contributed by atoms with Crippen molar-refractivity contribution in [2.75, 3.05) is 12.9 Å². The molecule has 1 aromatic carbocycles. The van der Waals surface area contributed by atoms with Gasteiger partial charge in [-0.05, 0) is 43.0 Å². The van der Waals surface area contributed by atoms with Crippen LogP contribution in [0.5, 0.6) is 5.75 Å². The van der Waals surface area contributed by atoms with Crippen LogP contribution in [0.1, 0.15) is 23.2 Å². The first-order valence-electron chi connectivity index (χ1n) is 7.67. The topological polar surface area (TPSA) is 80.3 Å². The summed E-state index contributed by atoms with van der Waals surface area (Å²) in [4.78, 5) is 28.0. The minimum atomic E-state index is -0.417. The molecule has 0 aliphatic rings. The molecule has 0 atom stereocenters. The highest BCUT2D eigenvalue weighted by Gasteiger charge is 2.12. The van der Waals surface area contributed by atoms with Crippen LogP contribution in [0.25, 0.3) is 0 Å². The fraction of sp³-hybridized carbons (Fsp3) is 0.235. The van der Waals surface area contributed by atoms with Gasteiger partial charge in [0.15, 0.2) is 0 Å². The molecule has 0 bridgehead atoms. The zero-order valence-corrected chi connectivity index (χ0v) is 16.2. The lowest BCUT2D eigenvalue weighted by atomic mass is 10.3. The Bertz CT molecular complexity index is 790. The molecular formula is C17H17Cl2N3O3S. The van der Waals surface area contributed by atoms with Crippen LogP contribution >= 0.6 is 35.0 Å². The molecule has 2 N–H and O–H groups in total. The molecule has 2 amide bonds. The first kappa shape index (κ1) is 20.4. The second-order valence-corrected chi connectivity index (χ2v) is 6.73. The van der Waals surface area contributed by atoms with E-state index >= 15 is 0 Å². The Morgan fingerprint density at radius 2 is 2.04 bits per heavy atom. The molecule has 26 heavy (non-hydrogen) atoms. The second-order valence-electron chi connectivity index (χ2n) is 5.09. The summed E-state index contributed by atoms with van der Waals surface area (Å²) in [6.45, 7) is 0.307. The van der Waals surface area contributed by atoms with Crippen LogP contribution < -0.4 is 15.6 Å². The van der Waals surface area contributed by atoms with Crippen molar-refractivity contribution in [1.29, 1.82) is 0 Å². The van der Waals surface area contributed by atoms with Gasteiger partial charge in [-0.25, -0.2) is 4.98 Å². The molecule has 1 heterocycles. The van der Waals surface area contributed by atoms with Gasteiger partial charge in [0.1, 0.15) is 10.8 Å². The van der Waals surface area contributed by atoms with Crippen molar-refractivity contribution in [3.05, 3.63) is 52.1 Å². The van der Waals surface area contributed by atoms with Gasteiger partial charge in [-0.1, -0.05) is 23.2 Å². The van der Waals surface area contributed by atoms with Crippen LogP contribution in [0.15, 0.2) is 41.6 Å². The fourth-order valence-electron chi connectivity index (χ4n) is 1.99. The minimum Gasteiger partial charge on any atom is -0.492 e. The summed E-state index contributed by atoms with van der Waals surface area (Å²) in [5.74, 6) is -0.232. The Hall–Kier alpha value is -1.96. The van der Waals surface area contributed by atoms with E-state index in [1.807, 2.05) is 6.26 Å². The zero-order valence-electron chi connectivity index (χ0n) is 13.9. The average molecular weight is 414 g/mol. The number of nitrogens with zero attached hydrogens (tertiary/aromatic N) is 1. The molecule has 2 rings (SSSR count). The van der Waals surface area contributed by atoms with E-state index in [-0.39, 0.29) is 12.3 Å². The number of carbonyl (C=O) groups is 2. The van der Waals surface area contributed by atoms with Crippen molar-refractivity contribution in [3.8, 4) is 5.75 Å². The third-order valence-electron chi connectivity index (χ3n) is 3.22. The van der Waals surface area contributed by atoms with E-state index in [0.29, 0.717) is 39.4 Å². The van der Waals surface area contributed by atoms with Gasteiger partial charge in [0.05, 0.1) is 17.2 Å². The molecule has 1 aromatic heterocycles. The third kappa shape index (κ3) is 6.09. The van der Waals surface area contributed by atoms with E-state index < -0.39 is 5.91 Å². The summed E-state index contributed by atoms with van der Waals surface area (Å²) in [5.41, 5.74) is 5.16. The van der Waals surface area contributed by atoms with Crippen LogP contribution in [-0.2, 0) is 4.79 Å². The minimum absolute atomic E-state index is 0.188. The number of aromatic nitrogens is 1. The fourth-order valence-corrected chi connectivity index (χ4v) is 3.00. The first-order chi connectivity index (χ1) is 12.5. The number of benzene rings is 1. The Morgan fingerprint density at radius 3 is 2.77 bits per heavy atom. The molecule has 0 fully saturated rings. The number of amides is 2. The van der Waals surface area contributed by atoms with Crippen LogP contribution in [-0.4, -0.2) is 29.7 Å². The third-order valence-corrected chi connectivity index (χ3v) is 4.47. The van der Waals surface area contributed by atoms with Crippen LogP contribution in [0.2, 0.25) is 10.0 Å². The number of nitrogens with one attached hydrogen (secondary N) is 2. The predicted octanol–water partition coefficient (Wildman–Crippen LogP) is 3.73. The summed E-state index contributed by atoms with van der Waals surface area (Å²) >= 11 is 13.2. The number of hydrogen-bond acceptors (Lipinski definition) is 5. The van der Waals surface area contributed by atoms with E-state index in [0.717, 1.165) is 0 Å². The number of carbonyl (C=O) groups excluding carboxylic acids is 2. The van der Waals surface area contributed by atoms with Gasteiger partial charge in [-0.15, -0.1) is 11.8 Å². The maximum Gasteiger partial charge on any atom is 0.272 e. The highest BCUT2D eigenvalue weighted by atomic mass is 35.5. The second kappa shape index (κ2) is 10.3. The Kier molecular flexibility index (Phi) is 8.03. The van der Waals surface area contributed by atoms with Crippen molar-refractivity contribution in [2.45, 2.75) is 17.9 Å². The Morgan fingerprint density at radius 1 is 1.23 bits per heavy atom. The van der Waals surface area contributed by atoms with Crippen LogP contribution in [0.3, 0.4) is 0 Å². The molecule has 0 spiro atoms. The molecule has 138 valence electrons. The van der Waals surface area contributed by atoms with E-state index in [1.54, 1.807) is 36.5 Å².